The second-order valence-electron chi connectivity index (χ2n) is 6.05. The van der Waals surface area contributed by atoms with Gasteiger partial charge >= 0.3 is 0 Å². The Labute approximate surface area is 126 Å². The van der Waals surface area contributed by atoms with Gasteiger partial charge in [-0.05, 0) is 13.8 Å². The average Bonchev–Trinajstić information content (AvgIpc) is 2.55. The molecule has 2 nitrogen and oxygen atoms in total. The smallest absolute Gasteiger partial charge is 0.151 e. The first-order valence-electron chi connectivity index (χ1n) is 7.67. The van der Waals surface area contributed by atoms with Crippen molar-refractivity contribution in [3.8, 4) is 0 Å². The van der Waals surface area contributed by atoms with E-state index >= 15 is 0 Å². The lowest BCUT2D eigenvalue weighted by atomic mass is 9.76. The second-order valence-corrected chi connectivity index (χ2v) is 6.05. The fraction of sp³-hybridized carbons (Fsp3) is 0.316. The molecule has 4 atom stereocenters. The average molecular weight is 280 g/mol. The molecule has 0 saturated carbocycles. The van der Waals surface area contributed by atoms with Crippen molar-refractivity contribution in [1.82, 2.24) is 0 Å². The van der Waals surface area contributed by atoms with Crippen LogP contribution >= 0.6 is 0 Å². The van der Waals surface area contributed by atoms with Crippen LogP contribution in [0.4, 0.5) is 0 Å². The number of hydrogen-bond donors (Lipinski definition) is 1. The summed E-state index contributed by atoms with van der Waals surface area (Å²) >= 11 is 0. The molecule has 0 spiro atoms. The van der Waals surface area contributed by atoms with Gasteiger partial charge in [-0.3, -0.25) is 4.79 Å². The Bertz CT molecular complexity index is 554. The molecule has 1 fully saturated rings. The summed E-state index contributed by atoms with van der Waals surface area (Å²) in [6.07, 6.45) is 0. The monoisotopic (exact) mass is 280 g/mol. The SMILES string of the molecule is C[C@@H]1C(=O)[C@H](C)[C@H](c2ccccc2)[NH2+][C@@H]1c1ccccc1. The number of Topliss-reactive ketones (excluding diaryl/α,β-unsaturated/α-hetero) is 1. The lowest BCUT2D eigenvalue weighted by Gasteiger charge is -2.36. The summed E-state index contributed by atoms with van der Waals surface area (Å²) in [6, 6.07) is 21.2. The molecule has 2 N–H and O–H groups in total. The zero-order chi connectivity index (χ0) is 14.8. The zero-order valence-electron chi connectivity index (χ0n) is 12.6. The summed E-state index contributed by atoms with van der Waals surface area (Å²) in [4.78, 5) is 12.7. The standard InChI is InChI=1S/C19H21NO/c1-13-17(15-9-5-3-6-10-15)20-18(14(2)19(13)21)16-11-7-4-8-12-16/h3-14,17-18,20H,1-2H3/p+1/t13-,14+,17-,18+. The third-order valence-electron chi connectivity index (χ3n) is 4.76. The van der Waals surface area contributed by atoms with E-state index in [1.807, 2.05) is 12.1 Å². The molecule has 0 unspecified atom stereocenters. The van der Waals surface area contributed by atoms with Crippen molar-refractivity contribution in [2.24, 2.45) is 11.8 Å². The number of piperidine rings is 1. The van der Waals surface area contributed by atoms with E-state index in [1.54, 1.807) is 0 Å². The van der Waals surface area contributed by atoms with E-state index in [0.29, 0.717) is 5.78 Å². The number of nitrogens with two attached hydrogens (primary N) is 1. The van der Waals surface area contributed by atoms with Crippen molar-refractivity contribution in [1.29, 1.82) is 0 Å². The lowest BCUT2D eigenvalue weighted by Crippen LogP contribution is -2.91. The Morgan fingerprint density at radius 1 is 0.714 bits per heavy atom. The fourth-order valence-corrected chi connectivity index (χ4v) is 3.48. The maximum Gasteiger partial charge on any atom is 0.151 e. The van der Waals surface area contributed by atoms with Crippen LogP contribution in [-0.4, -0.2) is 5.78 Å². The highest BCUT2D eigenvalue weighted by Gasteiger charge is 2.43. The van der Waals surface area contributed by atoms with Crippen molar-refractivity contribution in [2.75, 3.05) is 0 Å². The Hall–Kier alpha value is -1.93. The highest BCUT2D eigenvalue weighted by Crippen LogP contribution is 2.32. The molecule has 2 aromatic carbocycles. The summed E-state index contributed by atoms with van der Waals surface area (Å²) in [5.74, 6) is 0.491. The molecule has 1 saturated heterocycles. The van der Waals surface area contributed by atoms with Crippen molar-refractivity contribution in [2.45, 2.75) is 25.9 Å². The van der Waals surface area contributed by atoms with Crippen LogP contribution < -0.4 is 5.32 Å². The molecule has 1 heterocycles. The van der Waals surface area contributed by atoms with Crippen LogP contribution in [0.3, 0.4) is 0 Å². The number of carbonyl (C=O) groups excluding carboxylic acids is 1. The molecule has 3 rings (SSSR count). The number of carbonyl (C=O) groups is 1. The predicted octanol–water partition coefficient (Wildman–Crippen LogP) is 2.89. The first kappa shape index (κ1) is 14.0. The Morgan fingerprint density at radius 2 is 1.10 bits per heavy atom. The van der Waals surface area contributed by atoms with Crippen molar-refractivity contribution >= 4 is 5.78 Å². The van der Waals surface area contributed by atoms with Gasteiger partial charge in [-0.2, -0.15) is 0 Å². The van der Waals surface area contributed by atoms with Gasteiger partial charge in [-0.1, -0.05) is 60.7 Å². The van der Waals surface area contributed by atoms with Gasteiger partial charge in [0.2, 0.25) is 0 Å². The van der Waals surface area contributed by atoms with E-state index in [0.717, 1.165) is 0 Å². The lowest BCUT2D eigenvalue weighted by molar-refractivity contribution is -0.748. The van der Waals surface area contributed by atoms with Crippen LogP contribution in [0.25, 0.3) is 0 Å². The molecule has 0 aliphatic carbocycles. The van der Waals surface area contributed by atoms with E-state index < -0.39 is 0 Å². The van der Waals surface area contributed by atoms with Gasteiger partial charge in [0.05, 0.1) is 11.8 Å². The number of rotatable bonds is 2. The molecule has 1 aliphatic heterocycles. The molecular weight excluding hydrogens is 258 g/mol. The normalized spacial score (nSPS) is 29.3. The molecule has 0 radical (unpaired) electrons. The fourth-order valence-electron chi connectivity index (χ4n) is 3.48. The highest BCUT2D eigenvalue weighted by molar-refractivity contribution is 5.84. The van der Waals surface area contributed by atoms with E-state index in [4.69, 9.17) is 0 Å². The first-order chi connectivity index (χ1) is 10.2. The number of ketones is 1. The largest absolute Gasteiger partial charge is 0.333 e. The minimum Gasteiger partial charge on any atom is -0.333 e. The van der Waals surface area contributed by atoms with Gasteiger partial charge in [-0.25, -0.2) is 0 Å². The molecule has 0 bridgehead atoms. The van der Waals surface area contributed by atoms with Gasteiger partial charge in [0.25, 0.3) is 0 Å². The number of hydrogen-bond acceptors (Lipinski definition) is 1. The third-order valence-corrected chi connectivity index (χ3v) is 4.76. The molecular formula is C19H22NO+. The van der Waals surface area contributed by atoms with Crippen molar-refractivity contribution < 1.29 is 10.1 Å². The minimum atomic E-state index is 0.0577. The van der Waals surface area contributed by atoms with Crippen LogP contribution in [0.2, 0.25) is 0 Å². The van der Waals surface area contributed by atoms with E-state index in [2.05, 4.69) is 67.7 Å². The summed E-state index contributed by atoms with van der Waals surface area (Å²) in [7, 11) is 0. The molecule has 2 heteroatoms. The van der Waals surface area contributed by atoms with E-state index in [9.17, 15) is 4.79 Å². The van der Waals surface area contributed by atoms with Gasteiger partial charge < -0.3 is 5.32 Å². The molecule has 2 aromatic rings. The van der Waals surface area contributed by atoms with Crippen LogP contribution in [0.15, 0.2) is 60.7 Å². The first-order valence-corrected chi connectivity index (χ1v) is 7.67. The van der Waals surface area contributed by atoms with Gasteiger partial charge in [0.1, 0.15) is 12.1 Å². The second kappa shape index (κ2) is 5.82. The van der Waals surface area contributed by atoms with Gasteiger partial charge in [0, 0.05) is 11.1 Å². The highest BCUT2D eigenvalue weighted by atomic mass is 16.1. The minimum absolute atomic E-state index is 0.0577. The van der Waals surface area contributed by atoms with Crippen LogP contribution in [-0.2, 0) is 4.79 Å². The van der Waals surface area contributed by atoms with Gasteiger partial charge in [-0.15, -0.1) is 0 Å². The Morgan fingerprint density at radius 3 is 1.48 bits per heavy atom. The summed E-state index contributed by atoms with van der Waals surface area (Å²) in [5, 5.41) is 2.38. The van der Waals surface area contributed by atoms with Crippen molar-refractivity contribution in [3.63, 3.8) is 0 Å². The van der Waals surface area contributed by atoms with E-state index in [1.165, 1.54) is 11.1 Å². The predicted molar refractivity (Wildman–Crippen MR) is 83.6 cm³/mol. The number of quaternary nitrogens is 1. The van der Waals surface area contributed by atoms with Crippen LogP contribution in [0.5, 0.6) is 0 Å². The Balaban J connectivity index is 1.95. The molecule has 0 amide bonds. The quantitative estimate of drug-likeness (QED) is 0.901. The summed E-state index contributed by atoms with van der Waals surface area (Å²) < 4.78 is 0. The maximum absolute atomic E-state index is 12.7. The third kappa shape index (κ3) is 2.64. The summed E-state index contributed by atoms with van der Waals surface area (Å²) in [6.45, 7) is 4.13. The molecule has 108 valence electrons. The zero-order valence-corrected chi connectivity index (χ0v) is 12.6. The Kier molecular flexibility index (Phi) is 3.89. The topological polar surface area (TPSA) is 33.7 Å². The van der Waals surface area contributed by atoms with Crippen LogP contribution in [0, 0.1) is 11.8 Å². The van der Waals surface area contributed by atoms with Gasteiger partial charge in [0.15, 0.2) is 5.78 Å². The van der Waals surface area contributed by atoms with E-state index in [-0.39, 0.29) is 23.9 Å². The summed E-state index contributed by atoms with van der Waals surface area (Å²) in [5.41, 5.74) is 2.48. The molecule has 21 heavy (non-hydrogen) atoms. The molecule has 1 aliphatic rings. The van der Waals surface area contributed by atoms with Crippen LogP contribution in [0.1, 0.15) is 37.1 Å². The van der Waals surface area contributed by atoms with Crippen molar-refractivity contribution in [3.05, 3.63) is 71.8 Å². The number of benzene rings is 2. The maximum atomic E-state index is 12.7. The molecule has 0 aromatic heterocycles.